The highest BCUT2D eigenvalue weighted by Gasteiger charge is 2.42. The van der Waals surface area contributed by atoms with Gasteiger partial charge < -0.3 is 15.0 Å². The number of rotatable bonds is 3. The van der Waals surface area contributed by atoms with Gasteiger partial charge in [0.15, 0.2) is 0 Å². The maximum Gasteiger partial charge on any atom is 0.410 e. The molecule has 2 aliphatic heterocycles. The lowest BCUT2D eigenvalue weighted by molar-refractivity contribution is 0.117. The van der Waals surface area contributed by atoms with E-state index in [1.807, 2.05) is 4.90 Å². The van der Waals surface area contributed by atoms with E-state index in [4.69, 9.17) is 4.74 Å². The molecule has 14 heavy (non-hydrogen) atoms. The number of fused-ring (bicyclic) bond motifs is 1. The van der Waals surface area contributed by atoms with Crippen LogP contribution in [0.25, 0.3) is 0 Å². The zero-order valence-corrected chi connectivity index (χ0v) is 8.66. The Hall–Kier alpha value is -0.770. The Morgan fingerprint density at radius 2 is 2.50 bits per heavy atom. The lowest BCUT2D eigenvalue weighted by Gasteiger charge is -2.28. The lowest BCUT2D eigenvalue weighted by atomic mass is 10.0. The number of nitrogens with zero attached hydrogens (tertiary/aromatic N) is 1. The number of hydrogen-bond acceptors (Lipinski definition) is 3. The van der Waals surface area contributed by atoms with E-state index in [9.17, 15) is 4.79 Å². The summed E-state index contributed by atoms with van der Waals surface area (Å²) >= 11 is 0. The topological polar surface area (TPSA) is 41.6 Å². The predicted octanol–water partition coefficient (Wildman–Crippen LogP) is 0.969. The maximum atomic E-state index is 11.5. The van der Waals surface area contributed by atoms with Crippen LogP contribution < -0.4 is 5.32 Å². The Balaban J connectivity index is 1.96. The molecule has 2 unspecified atom stereocenters. The summed E-state index contributed by atoms with van der Waals surface area (Å²) in [5, 5.41) is 3.31. The minimum atomic E-state index is -0.114. The summed E-state index contributed by atoms with van der Waals surface area (Å²) in [4.78, 5) is 13.4. The molecule has 4 heteroatoms. The smallest absolute Gasteiger partial charge is 0.410 e. The number of nitrogens with one attached hydrogen (secondary N) is 1. The van der Waals surface area contributed by atoms with Crippen molar-refractivity contribution in [1.82, 2.24) is 10.2 Å². The molecule has 0 saturated carbocycles. The molecule has 0 aromatic carbocycles. The number of carbonyl (C=O) groups is 1. The first kappa shape index (κ1) is 9.77. The van der Waals surface area contributed by atoms with Crippen LogP contribution in [0.1, 0.15) is 26.2 Å². The van der Waals surface area contributed by atoms with Gasteiger partial charge in [-0.15, -0.1) is 0 Å². The van der Waals surface area contributed by atoms with Gasteiger partial charge in [0.05, 0.1) is 6.04 Å². The van der Waals surface area contributed by atoms with Crippen molar-refractivity contribution in [3.8, 4) is 0 Å². The summed E-state index contributed by atoms with van der Waals surface area (Å²) in [5.41, 5.74) is 0. The zero-order valence-electron chi connectivity index (χ0n) is 8.66. The Kier molecular flexibility index (Phi) is 2.91. The van der Waals surface area contributed by atoms with E-state index in [0.29, 0.717) is 0 Å². The largest absolute Gasteiger partial charge is 0.444 e. The molecule has 1 amide bonds. The molecule has 2 fully saturated rings. The predicted molar refractivity (Wildman–Crippen MR) is 53.2 cm³/mol. The zero-order chi connectivity index (χ0) is 9.97. The standard InChI is InChI=1S/C10H18N2O2/c1-2-3-6-12-8-7-11-5-4-9(8)14-10(12)13/h8-9,11H,2-7H2,1H3. The van der Waals surface area contributed by atoms with Crippen LogP contribution in [0.2, 0.25) is 0 Å². The summed E-state index contributed by atoms with van der Waals surface area (Å²) in [6, 6.07) is 0.280. The first-order valence-corrected chi connectivity index (χ1v) is 5.51. The third-order valence-electron chi connectivity index (χ3n) is 3.03. The molecule has 2 heterocycles. The molecule has 2 aliphatic rings. The molecule has 0 radical (unpaired) electrons. The third-order valence-corrected chi connectivity index (χ3v) is 3.03. The first-order chi connectivity index (χ1) is 6.83. The van der Waals surface area contributed by atoms with Gasteiger partial charge in [-0.2, -0.15) is 0 Å². The molecule has 0 bridgehead atoms. The molecule has 0 aromatic rings. The normalized spacial score (nSPS) is 31.5. The second-order valence-corrected chi connectivity index (χ2v) is 4.03. The van der Waals surface area contributed by atoms with E-state index in [0.717, 1.165) is 38.9 Å². The van der Waals surface area contributed by atoms with Gasteiger partial charge in [-0.3, -0.25) is 0 Å². The number of piperidine rings is 1. The van der Waals surface area contributed by atoms with Gasteiger partial charge >= 0.3 is 6.09 Å². The summed E-state index contributed by atoms with van der Waals surface area (Å²) in [6.45, 7) is 4.84. The lowest BCUT2D eigenvalue weighted by Crippen LogP contribution is -2.49. The molecular formula is C10H18N2O2. The summed E-state index contributed by atoms with van der Waals surface area (Å²) in [7, 11) is 0. The second-order valence-electron chi connectivity index (χ2n) is 4.03. The molecule has 0 aromatic heterocycles. The van der Waals surface area contributed by atoms with Gasteiger partial charge in [0.2, 0.25) is 0 Å². The fraction of sp³-hybridized carbons (Fsp3) is 0.900. The van der Waals surface area contributed by atoms with Crippen molar-refractivity contribution in [2.45, 2.75) is 38.3 Å². The number of ether oxygens (including phenoxy) is 1. The van der Waals surface area contributed by atoms with Crippen molar-refractivity contribution in [1.29, 1.82) is 0 Å². The van der Waals surface area contributed by atoms with E-state index >= 15 is 0 Å². The molecule has 80 valence electrons. The van der Waals surface area contributed by atoms with Crippen molar-refractivity contribution in [3.05, 3.63) is 0 Å². The Morgan fingerprint density at radius 1 is 1.64 bits per heavy atom. The van der Waals surface area contributed by atoms with E-state index in [1.54, 1.807) is 0 Å². The SMILES string of the molecule is CCCCN1C(=O)OC2CCNCC21. The average Bonchev–Trinajstić information content (AvgIpc) is 2.51. The monoisotopic (exact) mass is 198 g/mol. The van der Waals surface area contributed by atoms with Crippen LogP contribution in [0.15, 0.2) is 0 Å². The highest BCUT2D eigenvalue weighted by Crippen LogP contribution is 2.23. The van der Waals surface area contributed by atoms with Crippen LogP contribution in [0.5, 0.6) is 0 Å². The van der Waals surface area contributed by atoms with Crippen LogP contribution in [-0.4, -0.2) is 42.8 Å². The molecule has 4 nitrogen and oxygen atoms in total. The molecule has 1 N–H and O–H groups in total. The van der Waals surface area contributed by atoms with E-state index < -0.39 is 0 Å². The average molecular weight is 198 g/mol. The number of carbonyl (C=O) groups excluding carboxylic acids is 1. The first-order valence-electron chi connectivity index (χ1n) is 5.51. The van der Waals surface area contributed by atoms with Crippen molar-refractivity contribution in [3.63, 3.8) is 0 Å². The van der Waals surface area contributed by atoms with Crippen LogP contribution in [0, 0.1) is 0 Å². The molecule has 0 aliphatic carbocycles. The van der Waals surface area contributed by atoms with Gasteiger partial charge in [0, 0.05) is 13.1 Å². The summed E-state index contributed by atoms with van der Waals surface area (Å²) in [6.07, 6.45) is 3.17. The fourth-order valence-electron chi connectivity index (χ4n) is 2.18. The Labute approximate surface area is 84.6 Å². The van der Waals surface area contributed by atoms with E-state index in [1.165, 1.54) is 0 Å². The van der Waals surface area contributed by atoms with Crippen LogP contribution in [-0.2, 0) is 4.74 Å². The van der Waals surface area contributed by atoms with Gasteiger partial charge in [-0.05, 0) is 19.4 Å². The number of hydrogen-bond donors (Lipinski definition) is 1. The van der Waals surface area contributed by atoms with Gasteiger partial charge in [-0.25, -0.2) is 4.79 Å². The van der Waals surface area contributed by atoms with Gasteiger partial charge in [-0.1, -0.05) is 13.3 Å². The minimum absolute atomic E-state index is 0.114. The van der Waals surface area contributed by atoms with E-state index in [2.05, 4.69) is 12.2 Å². The van der Waals surface area contributed by atoms with Crippen molar-refractivity contribution in [2.75, 3.05) is 19.6 Å². The number of amides is 1. The quantitative estimate of drug-likeness (QED) is 0.734. The Bertz CT molecular complexity index is 220. The van der Waals surface area contributed by atoms with Crippen LogP contribution in [0.4, 0.5) is 4.79 Å². The van der Waals surface area contributed by atoms with Crippen LogP contribution >= 0.6 is 0 Å². The Morgan fingerprint density at radius 3 is 3.29 bits per heavy atom. The van der Waals surface area contributed by atoms with Crippen molar-refractivity contribution >= 4 is 6.09 Å². The van der Waals surface area contributed by atoms with Gasteiger partial charge in [0.1, 0.15) is 6.10 Å². The van der Waals surface area contributed by atoms with E-state index in [-0.39, 0.29) is 18.2 Å². The summed E-state index contributed by atoms with van der Waals surface area (Å²) in [5.74, 6) is 0. The number of unbranched alkanes of at least 4 members (excludes halogenated alkanes) is 1. The molecule has 2 rings (SSSR count). The fourth-order valence-corrected chi connectivity index (χ4v) is 2.18. The van der Waals surface area contributed by atoms with Crippen LogP contribution in [0.3, 0.4) is 0 Å². The molecular weight excluding hydrogens is 180 g/mol. The molecule has 0 spiro atoms. The summed E-state index contributed by atoms with van der Waals surface area (Å²) < 4.78 is 5.32. The second kappa shape index (κ2) is 4.17. The van der Waals surface area contributed by atoms with Crippen molar-refractivity contribution < 1.29 is 9.53 Å². The highest BCUT2D eigenvalue weighted by molar-refractivity contribution is 5.70. The highest BCUT2D eigenvalue weighted by atomic mass is 16.6. The molecule has 2 atom stereocenters. The molecule has 2 saturated heterocycles. The van der Waals surface area contributed by atoms with Gasteiger partial charge in [0.25, 0.3) is 0 Å². The maximum absolute atomic E-state index is 11.5. The third kappa shape index (κ3) is 1.71. The van der Waals surface area contributed by atoms with Crippen molar-refractivity contribution in [2.24, 2.45) is 0 Å². The minimum Gasteiger partial charge on any atom is -0.444 e.